The Morgan fingerprint density at radius 1 is 1.06 bits per heavy atom. The van der Waals surface area contributed by atoms with Crippen LogP contribution in [0.25, 0.3) is 0 Å². The van der Waals surface area contributed by atoms with Gasteiger partial charge in [-0.25, -0.2) is 0 Å². The molecule has 0 saturated heterocycles. The van der Waals surface area contributed by atoms with Gasteiger partial charge in [0, 0.05) is 4.47 Å². The van der Waals surface area contributed by atoms with Crippen molar-refractivity contribution in [3.05, 3.63) is 64.1 Å². The first-order valence-corrected chi connectivity index (χ1v) is 6.62. The zero-order valence-corrected chi connectivity index (χ0v) is 11.0. The van der Waals surface area contributed by atoms with Gasteiger partial charge in [0.25, 0.3) is 0 Å². The molecule has 2 heteroatoms. The van der Waals surface area contributed by atoms with Gasteiger partial charge in [-0.1, -0.05) is 46.3 Å². The van der Waals surface area contributed by atoms with Crippen LogP contribution in [0.2, 0.25) is 0 Å². The first-order valence-electron chi connectivity index (χ1n) is 5.83. The van der Waals surface area contributed by atoms with E-state index in [1.54, 1.807) is 0 Å². The Hall–Kier alpha value is -1.28. The maximum Gasteiger partial charge on any atom is 0.124 e. The fraction of sp³-hybridized carbons (Fsp3) is 0.200. The zero-order chi connectivity index (χ0) is 11.7. The standard InChI is InChI=1S/C15H13BrO/c16-12-5-3-6-13(10-12)17-15-9-8-11-4-1-2-7-14(11)15/h1-7,10,15H,8-9H2. The summed E-state index contributed by atoms with van der Waals surface area (Å²) in [6.45, 7) is 0. The van der Waals surface area contributed by atoms with Crippen molar-refractivity contribution in [2.75, 3.05) is 0 Å². The highest BCUT2D eigenvalue weighted by Gasteiger charge is 2.23. The van der Waals surface area contributed by atoms with Crippen LogP contribution in [0.1, 0.15) is 23.7 Å². The molecule has 1 unspecified atom stereocenters. The van der Waals surface area contributed by atoms with Crippen molar-refractivity contribution >= 4 is 15.9 Å². The number of hydrogen-bond acceptors (Lipinski definition) is 1. The summed E-state index contributed by atoms with van der Waals surface area (Å²) in [5.41, 5.74) is 2.76. The highest BCUT2D eigenvalue weighted by molar-refractivity contribution is 9.10. The molecule has 1 nitrogen and oxygen atoms in total. The second-order valence-electron chi connectivity index (χ2n) is 4.30. The van der Waals surface area contributed by atoms with Crippen LogP contribution in [0.5, 0.6) is 5.75 Å². The van der Waals surface area contributed by atoms with Crippen molar-refractivity contribution in [2.24, 2.45) is 0 Å². The van der Waals surface area contributed by atoms with Gasteiger partial charge in [0.05, 0.1) is 0 Å². The summed E-state index contributed by atoms with van der Waals surface area (Å²) in [4.78, 5) is 0. The van der Waals surface area contributed by atoms with E-state index in [9.17, 15) is 0 Å². The van der Waals surface area contributed by atoms with E-state index in [-0.39, 0.29) is 6.10 Å². The lowest BCUT2D eigenvalue weighted by Gasteiger charge is -2.15. The van der Waals surface area contributed by atoms with E-state index in [1.807, 2.05) is 24.3 Å². The lowest BCUT2D eigenvalue weighted by molar-refractivity contribution is 0.207. The number of fused-ring (bicyclic) bond motifs is 1. The van der Waals surface area contributed by atoms with Crippen LogP contribution in [0.3, 0.4) is 0 Å². The maximum atomic E-state index is 6.05. The molecule has 0 saturated carbocycles. The van der Waals surface area contributed by atoms with Crippen molar-refractivity contribution < 1.29 is 4.74 Å². The fourth-order valence-corrected chi connectivity index (χ4v) is 2.72. The summed E-state index contributed by atoms with van der Waals surface area (Å²) in [5, 5.41) is 0. The van der Waals surface area contributed by atoms with Gasteiger partial charge >= 0.3 is 0 Å². The number of ether oxygens (including phenoxy) is 1. The van der Waals surface area contributed by atoms with Gasteiger partial charge in [-0.05, 0) is 42.2 Å². The molecule has 0 bridgehead atoms. The SMILES string of the molecule is Brc1cccc(OC2CCc3ccccc32)c1. The molecule has 2 aromatic rings. The van der Waals surface area contributed by atoms with Crippen LogP contribution in [0, 0.1) is 0 Å². The molecule has 0 spiro atoms. The third-order valence-electron chi connectivity index (χ3n) is 3.15. The fourth-order valence-electron chi connectivity index (χ4n) is 2.35. The Bertz CT molecular complexity index is 536. The number of hydrogen-bond donors (Lipinski definition) is 0. The molecule has 0 amide bonds. The van der Waals surface area contributed by atoms with Crippen LogP contribution < -0.4 is 4.74 Å². The molecule has 3 rings (SSSR count). The molecule has 1 aliphatic carbocycles. The molecule has 0 radical (unpaired) electrons. The molecular formula is C15H13BrO. The van der Waals surface area contributed by atoms with Gasteiger partial charge in [-0.2, -0.15) is 0 Å². The Balaban J connectivity index is 1.84. The topological polar surface area (TPSA) is 9.23 Å². The molecule has 0 fully saturated rings. The van der Waals surface area contributed by atoms with Gasteiger partial charge in [0.1, 0.15) is 11.9 Å². The summed E-state index contributed by atoms with van der Waals surface area (Å²) >= 11 is 3.46. The van der Waals surface area contributed by atoms with Gasteiger partial charge in [-0.15, -0.1) is 0 Å². The monoisotopic (exact) mass is 288 g/mol. The van der Waals surface area contributed by atoms with Crippen molar-refractivity contribution in [3.63, 3.8) is 0 Å². The molecule has 1 atom stereocenters. The van der Waals surface area contributed by atoms with E-state index in [0.29, 0.717) is 0 Å². The number of benzene rings is 2. The largest absolute Gasteiger partial charge is 0.486 e. The summed E-state index contributed by atoms with van der Waals surface area (Å²) in [5.74, 6) is 0.932. The average Bonchev–Trinajstić information content (AvgIpc) is 2.73. The Morgan fingerprint density at radius 3 is 2.82 bits per heavy atom. The van der Waals surface area contributed by atoms with Gasteiger partial charge in [0.2, 0.25) is 0 Å². The van der Waals surface area contributed by atoms with E-state index in [0.717, 1.165) is 23.1 Å². The molecule has 86 valence electrons. The van der Waals surface area contributed by atoms with Crippen molar-refractivity contribution in [1.82, 2.24) is 0 Å². The third kappa shape index (κ3) is 2.22. The number of halogens is 1. The maximum absolute atomic E-state index is 6.05. The summed E-state index contributed by atoms with van der Waals surface area (Å²) in [7, 11) is 0. The van der Waals surface area contributed by atoms with Crippen LogP contribution in [-0.2, 0) is 6.42 Å². The summed E-state index contributed by atoms with van der Waals surface area (Å²) in [6, 6.07) is 16.6. The van der Waals surface area contributed by atoms with Crippen molar-refractivity contribution in [1.29, 1.82) is 0 Å². The molecule has 0 aliphatic heterocycles. The molecule has 17 heavy (non-hydrogen) atoms. The first kappa shape index (κ1) is 10.8. The molecule has 1 aliphatic rings. The van der Waals surface area contributed by atoms with Crippen molar-refractivity contribution in [2.45, 2.75) is 18.9 Å². The predicted octanol–water partition coefficient (Wildman–Crippen LogP) is 4.52. The normalized spacial score (nSPS) is 17.8. The van der Waals surface area contributed by atoms with Gasteiger partial charge in [-0.3, -0.25) is 0 Å². The van der Waals surface area contributed by atoms with Crippen LogP contribution in [-0.4, -0.2) is 0 Å². The molecule has 0 N–H and O–H groups in total. The van der Waals surface area contributed by atoms with E-state index < -0.39 is 0 Å². The molecule has 0 heterocycles. The second-order valence-corrected chi connectivity index (χ2v) is 5.22. The Kier molecular flexibility index (Phi) is 2.89. The number of rotatable bonds is 2. The molecule has 2 aromatic carbocycles. The highest BCUT2D eigenvalue weighted by Crippen LogP contribution is 2.35. The van der Waals surface area contributed by atoms with Crippen LogP contribution >= 0.6 is 15.9 Å². The zero-order valence-electron chi connectivity index (χ0n) is 9.40. The third-order valence-corrected chi connectivity index (χ3v) is 3.65. The number of aryl methyl sites for hydroxylation is 1. The quantitative estimate of drug-likeness (QED) is 0.790. The molecule has 0 aromatic heterocycles. The van der Waals surface area contributed by atoms with E-state index in [4.69, 9.17) is 4.74 Å². The lowest BCUT2D eigenvalue weighted by atomic mass is 10.1. The van der Waals surface area contributed by atoms with E-state index in [2.05, 4.69) is 40.2 Å². The Labute approximate surface area is 110 Å². The van der Waals surface area contributed by atoms with Crippen LogP contribution in [0.4, 0.5) is 0 Å². The average molecular weight is 289 g/mol. The van der Waals surface area contributed by atoms with Gasteiger partial charge < -0.3 is 4.74 Å². The highest BCUT2D eigenvalue weighted by atomic mass is 79.9. The molecular weight excluding hydrogens is 276 g/mol. The second kappa shape index (κ2) is 4.53. The lowest BCUT2D eigenvalue weighted by Crippen LogP contribution is -2.03. The summed E-state index contributed by atoms with van der Waals surface area (Å²) < 4.78 is 7.11. The minimum Gasteiger partial charge on any atom is -0.486 e. The van der Waals surface area contributed by atoms with E-state index >= 15 is 0 Å². The smallest absolute Gasteiger partial charge is 0.124 e. The predicted molar refractivity (Wildman–Crippen MR) is 72.3 cm³/mol. The van der Waals surface area contributed by atoms with Gasteiger partial charge in [0.15, 0.2) is 0 Å². The van der Waals surface area contributed by atoms with Crippen molar-refractivity contribution in [3.8, 4) is 5.75 Å². The Morgan fingerprint density at radius 2 is 1.94 bits per heavy atom. The van der Waals surface area contributed by atoms with Crippen LogP contribution in [0.15, 0.2) is 53.0 Å². The van der Waals surface area contributed by atoms with E-state index in [1.165, 1.54) is 11.1 Å². The summed E-state index contributed by atoms with van der Waals surface area (Å²) in [6.07, 6.45) is 2.40. The minimum atomic E-state index is 0.209. The first-order chi connectivity index (χ1) is 8.33. The minimum absolute atomic E-state index is 0.209.